The van der Waals surface area contributed by atoms with Gasteiger partial charge in [-0.05, 0) is 64.2 Å². The Morgan fingerprint density at radius 3 is 2.09 bits per heavy atom. The van der Waals surface area contributed by atoms with Crippen LogP contribution in [0.15, 0.2) is 84.9 Å². The Morgan fingerprint density at radius 2 is 1.29 bits per heavy atom. The van der Waals surface area contributed by atoms with Gasteiger partial charge in [-0.1, -0.05) is 67.9 Å². The molecule has 5 aromatic carbocycles. The summed E-state index contributed by atoms with van der Waals surface area (Å²) in [4.78, 5) is 0. The van der Waals surface area contributed by atoms with E-state index in [1.165, 1.54) is 78.0 Å². The van der Waals surface area contributed by atoms with E-state index in [1.807, 2.05) is 0 Å². The van der Waals surface area contributed by atoms with Gasteiger partial charge in [0.15, 0.2) is 0 Å². The molecule has 1 saturated carbocycles. The van der Waals surface area contributed by atoms with E-state index < -0.39 is 0 Å². The standard InChI is InChI=1S/C32H26N2/c1-3-19-17-28(19)34-27-15-14-26-32(30-23-11-7-6-8-20(23)12-13-25(30)33(26)2)31(27)24-16-21-9-4-5-10-22(21)18-29(24)34/h4-16,18-19,28H,3,17H2,1-2H3. The summed E-state index contributed by atoms with van der Waals surface area (Å²) in [7, 11) is 2.22. The number of fused-ring (bicyclic) bond motifs is 10. The monoisotopic (exact) mass is 438 g/mol. The highest BCUT2D eigenvalue weighted by Gasteiger charge is 2.39. The molecule has 2 atom stereocenters. The fourth-order valence-corrected chi connectivity index (χ4v) is 6.62. The summed E-state index contributed by atoms with van der Waals surface area (Å²) in [5.41, 5.74) is 5.40. The Morgan fingerprint density at radius 1 is 0.647 bits per heavy atom. The van der Waals surface area contributed by atoms with Crippen LogP contribution in [0, 0.1) is 5.92 Å². The van der Waals surface area contributed by atoms with E-state index in [-0.39, 0.29) is 0 Å². The van der Waals surface area contributed by atoms with Crippen LogP contribution in [-0.2, 0) is 7.05 Å². The Hall–Kier alpha value is -3.78. The van der Waals surface area contributed by atoms with Crippen LogP contribution in [0.3, 0.4) is 0 Å². The second kappa shape index (κ2) is 6.42. The highest BCUT2D eigenvalue weighted by molar-refractivity contribution is 6.33. The third-order valence-electron chi connectivity index (χ3n) is 8.43. The van der Waals surface area contributed by atoms with E-state index in [0.717, 1.165) is 5.92 Å². The normalized spacial score (nSPS) is 18.3. The smallest absolute Gasteiger partial charge is 0.0501 e. The number of hydrogen-bond donors (Lipinski definition) is 0. The molecule has 0 bridgehead atoms. The molecule has 34 heavy (non-hydrogen) atoms. The maximum absolute atomic E-state index is 2.68. The third kappa shape index (κ3) is 2.26. The van der Waals surface area contributed by atoms with Crippen LogP contribution in [0.4, 0.5) is 0 Å². The number of aromatic nitrogens is 2. The summed E-state index contributed by atoms with van der Waals surface area (Å²) in [5.74, 6) is 0.786. The fraction of sp³-hybridized carbons (Fsp3) is 0.188. The fourth-order valence-electron chi connectivity index (χ4n) is 6.62. The topological polar surface area (TPSA) is 9.86 Å². The summed E-state index contributed by atoms with van der Waals surface area (Å²) in [6.07, 6.45) is 2.54. The highest BCUT2D eigenvalue weighted by atomic mass is 15.1. The first-order chi connectivity index (χ1) is 16.7. The van der Waals surface area contributed by atoms with Crippen LogP contribution in [-0.4, -0.2) is 9.13 Å². The molecular formula is C32H26N2. The maximum Gasteiger partial charge on any atom is 0.0501 e. The molecule has 164 valence electrons. The summed E-state index contributed by atoms with van der Waals surface area (Å²) < 4.78 is 5.06. The molecule has 2 heterocycles. The van der Waals surface area contributed by atoms with Crippen molar-refractivity contribution in [2.75, 3.05) is 0 Å². The zero-order valence-electron chi connectivity index (χ0n) is 19.5. The Bertz CT molecular complexity index is 1950. The molecule has 0 radical (unpaired) electrons. The van der Waals surface area contributed by atoms with Gasteiger partial charge in [0.25, 0.3) is 0 Å². The van der Waals surface area contributed by atoms with Crippen LogP contribution in [0.25, 0.3) is 65.2 Å². The zero-order valence-corrected chi connectivity index (χ0v) is 19.5. The molecule has 1 aliphatic carbocycles. The first kappa shape index (κ1) is 18.6. The van der Waals surface area contributed by atoms with Crippen molar-refractivity contribution in [3.05, 3.63) is 84.9 Å². The molecule has 0 N–H and O–H groups in total. The van der Waals surface area contributed by atoms with Gasteiger partial charge in [0, 0.05) is 45.7 Å². The van der Waals surface area contributed by atoms with Gasteiger partial charge in [-0.3, -0.25) is 0 Å². The van der Waals surface area contributed by atoms with Crippen molar-refractivity contribution < 1.29 is 0 Å². The van der Waals surface area contributed by atoms with Crippen molar-refractivity contribution in [3.8, 4) is 0 Å². The molecule has 0 amide bonds. The number of benzene rings is 5. The quantitative estimate of drug-likeness (QED) is 0.255. The second-order valence-corrected chi connectivity index (χ2v) is 10.2. The van der Waals surface area contributed by atoms with Crippen LogP contribution in [0.1, 0.15) is 25.8 Å². The van der Waals surface area contributed by atoms with Crippen LogP contribution in [0.5, 0.6) is 0 Å². The Labute approximate surface area is 198 Å². The van der Waals surface area contributed by atoms with Gasteiger partial charge >= 0.3 is 0 Å². The van der Waals surface area contributed by atoms with Crippen molar-refractivity contribution >= 4 is 65.2 Å². The molecule has 2 nitrogen and oxygen atoms in total. The minimum atomic E-state index is 0.607. The molecule has 0 spiro atoms. The average Bonchev–Trinajstić information content (AvgIpc) is 3.51. The SMILES string of the molecule is CCC1CC1n1c2cc3ccccc3cc2c2c3c4c5ccccc5ccc4n(C)c3ccc21. The van der Waals surface area contributed by atoms with Crippen LogP contribution in [0.2, 0.25) is 0 Å². The minimum Gasteiger partial charge on any atom is -0.344 e. The van der Waals surface area contributed by atoms with Crippen molar-refractivity contribution in [2.45, 2.75) is 25.8 Å². The Balaban J connectivity index is 1.66. The van der Waals surface area contributed by atoms with Crippen LogP contribution >= 0.6 is 0 Å². The summed E-state index contributed by atoms with van der Waals surface area (Å²) in [5, 5.41) is 10.9. The summed E-state index contributed by atoms with van der Waals surface area (Å²) in [6.45, 7) is 2.34. The maximum atomic E-state index is 2.68. The minimum absolute atomic E-state index is 0.607. The molecule has 2 aromatic heterocycles. The van der Waals surface area contributed by atoms with Gasteiger partial charge in [-0.15, -0.1) is 0 Å². The lowest BCUT2D eigenvalue weighted by molar-refractivity contribution is 0.672. The van der Waals surface area contributed by atoms with E-state index in [1.54, 1.807) is 0 Å². The van der Waals surface area contributed by atoms with Gasteiger partial charge in [0.05, 0.1) is 11.0 Å². The number of rotatable bonds is 2. The van der Waals surface area contributed by atoms with Crippen molar-refractivity contribution in [2.24, 2.45) is 13.0 Å². The number of aryl methyl sites for hydroxylation is 1. The first-order valence-corrected chi connectivity index (χ1v) is 12.5. The molecule has 8 rings (SSSR count). The van der Waals surface area contributed by atoms with Gasteiger partial charge in [-0.2, -0.15) is 0 Å². The predicted octanol–water partition coefficient (Wildman–Crippen LogP) is 8.72. The number of nitrogens with zero attached hydrogens (tertiary/aromatic N) is 2. The first-order valence-electron chi connectivity index (χ1n) is 12.5. The van der Waals surface area contributed by atoms with Gasteiger partial charge in [-0.25, -0.2) is 0 Å². The summed E-state index contributed by atoms with van der Waals surface area (Å²) in [6, 6.07) is 32.4. The second-order valence-electron chi connectivity index (χ2n) is 10.2. The summed E-state index contributed by atoms with van der Waals surface area (Å²) >= 11 is 0. The van der Waals surface area contributed by atoms with Crippen molar-refractivity contribution in [1.82, 2.24) is 9.13 Å². The van der Waals surface area contributed by atoms with E-state index in [2.05, 4.69) is 108 Å². The molecule has 0 aliphatic heterocycles. The molecule has 1 fully saturated rings. The molecule has 2 unspecified atom stereocenters. The van der Waals surface area contributed by atoms with E-state index in [0.29, 0.717) is 6.04 Å². The van der Waals surface area contributed by atoms with E-state index in [4.69, 9.17) is 0 Å². The molecule has 7 aromatic rings. The largest absolute Gasteiger partial charge is 0.344 e. The van der Waals surface area contributed by atoms with Gasteiger partial charge < -0.3 is 9.13 Å². The lowest BCUT2D eigenvalue weighted by Gasteiger charge is -2.08. The molecule has 2 heteroatoms. The lowest BCUT2D eigenvalue weighted by Crippen LogP contribution is -1.96. The third-order valence-corrected chi connectivity index (χ3v) is 8.43. The van der Waals surface area contributed by atoms with Crippen molar-refractivity contribution in [3.63, 3.8) is 0 Å². The average molecular weight is 439 g/mol. The zero-order chi connectivity index (χ0) is 22.6. The molecular weight excluding hydrogens is 412 g/mol. The Kier molecular flexibility index (Phi) is 3.52. The predicted molar refractivity (Wildman–Crippen MR) is 146 cm³/mol. The van der Waals surface area contributed by atoms with E-state index >= 15 is 0 Å². The molecule has 1 aliphatic rings. The van der Waals surface area contributed by atoms with Gasteiger partial charge in [0.1, 0.15) is 0 Å². The highest BCUT2D eigenvalue weighted by Crippen LogP contribution is 2.51. The van der Waals surface area contributed by atoms with Crippen molar-refractivity contribution in [1.29, 1.82) is 0 Å². The lowest BCUT2D eigenvalue weighted by atomic mass is 9.99. The van der Waals surface area contributed by atoms with Crippen LogP contribution < -0.4 is 0 Å². The van der Waals surface area contributed by atoms with Gasteiger partial charge in [0.2, 0.25) is 0 Å². The van der Waals surface area contributed by atoms with E-state index in [9.17, 15) is 0 Å². The number of hydrogen-bond acceptors (Lipinski definition) is 0. The molecule has 0 saturated heterocycles.